The lowest BCUT2D eigenvalue weighted by molar-refractivity contribution is 0.0507. The van der Waals surface area contributed by atoms with Gasteiger partial charge in [-0.15, -0.1) is 6.58 Å². The molecule has 0 bridgehead atoms. The molecule has 0 spiro atoms. The molecule has 1 N–H and O–H groups in total. The lowest BCUT2D eigenvalue weighted by Crippen LogP contribution is -2.39. The van der Waals surface area contributed by atoms with Gasteiger partial charge in [0.25, 0.3) is 0 Å². The first-order valence-electron chi connectivity index (χ1n) is 7.03. The van der Waals surface area contributed by atoms with Crippen molar-refractivity contribution in [2.45, 2.75) is 70.9 Å². The van der Waals surface area contributed by atoms with Gasteiger partial charge in [-0.05, 0) is 33.1 Å². The molecule has 1 aliphatic carbocycles. The number of carbonyl (C=O) groups is 1. The third-order valence-electron chi connectivity index (χ3n) is 3.30. The van der Waals surface area contributed by atoms with E-state index < -0.39 is 5.60 Å². The number of carbonyl (C=O) groups excluding carboxylic acids is 1. The van der Waals surface area contributed by atoms with E-state index in [1.54, 1.807) is 0 Å². The first kappa shape index (κ1) is 15.1. The fraction of sp³-hybridized carbons (Fsp3) is 0.800. The third kappa shape index (κ3) is 6.08. The van der Waals surface area contributed by atoms with Crippen LogP contribution in [-0.2, 0) is 4.74 Å². The maximum absolute atomic E-state index is 11.7. The second-order valence-electron chi connectivity index (χ2n) is 6.23. The van der Waals surface area contributed by atoms with Gasteiger partial charge in [0.2, 0.25) is 0 Å². The van der Waals surface area contributed by atoms with E-state index in [9.17, 15) is 4.79 Å². The SMILES string of the molecule is C=C[C@H](CC1CCCCC1)NC(=O)OC(C)(C)C. The Bertz CT molecular complexity index is 275. The second-order valence-corrected chi connectivity index (χ2v) is 6.23. The number of alkyl carbamates (subject to hydrolysis) is 1. The molecule has 0 aliphatic heterocycles. The van der Waals surface area contributed by atoms with Crippen molar-refractivity contribution >= 4 is 6.09 Å². The summed E-state index contributed by atoms with van der Waals surface area (Å²) in [6, 6.07) is 0.0305. The molecule has 3 nitrogen and oxygen atoms in total. The van der Waals surface area contributed by atoms with Crippen molar-refractivity contribution in [1.29, 1.82) is 0 Å². The molecule has 3 heteroatoms. The maximum atomic E-state index is 11.7. The topological polar surface area (TPSA) is 38.3 Å². The Balaban J connectivity index is 2.36. The highest BCUT2D eigenvalue weighted by molar-refractivity contribution is 5.68. The molecule has 0 radical (unpaired) electrons. The van der Waals surface area contributed by atoms with Crippen molar-refractivity contribution < 1.29 is 9.53 Å². The van der Waals surface area contributed by atoms with Gasteiger partial charge in [0.15, 0.2) is 0 Å². The molecule has 1 saturated carbocycles. The van der Waals surface area contributed by atoms with E-state index in [1.807, 2.05) is 26.8 Å². The van der Waals surface area contributed by atoms with Crippen molar-refractivity contribution in [3.05, 3.63) is 12.7 Å². The van der Waals surface area contributed by atoms with Gasteiger partial charge in [0.1, 0.15) is 5.60 Å². The van der Waals surface area contributed by atoms with E-state index in [4.69, 9.17) is 4.74 Å². The molecule has 0 unspecified atom stereocenters. The summed E-state index contributed by atoms with van der Waals surface area (Å²) in [6.07, 6.45) is 9.02. The van der Waals surface area contributed by atoms with Gasteiger partial charge < -0.3 is 10.1 Å². The average molecular weight is 253 g/mol. The van der Waals surface area contributed by atoms with Gasteiger partial charge in [-0.25, -0.2) is 4.79 Å². The summed E-state index contributed by atoms with van der Waals surface area (Å²) in [7, 11) is 0. The van der Waals surface area contributed by atoms with E-state index in [-0.39, 0.29) is 12.1 Å². The van der Waals surface area contributed by atoms with Crippen LogP contribution in [0.15, 0.2) is 12.7 Å². The van der Waals surface area contributed by atoms with E-state index >= 15 is 0 Å². The van der Waals surface area contributed by atoms with Crippen molar-refractivity contribution in [2.75, 3.05) is 0 Å². The van der Waals surface area contributed by atoms with Crippen molar-refractivity contribution in [3.8, 4) is 0 Å². The van der Waals surface area contributed by atoms with Crippen LogP contribution in [0.4, 0.5) is 4.79 Å². The minimum atomic E-state index is -0.444. The van der Waals surface area contributed by atoms with E-state index in [0.29, 0.717) is 0 Å². The highest BCUT2D eigenvalue weighted by Crippen LogP contribution is 2.27. The molecular weight excluding hydrogens is 226 g/mol. The molecule has 1 aliphatic rings. The zero-order valence-corrected chi connectivity index (χ0v) is 12.0. The normalized spacial score (nSPS) is 19.1. The van der Waals surface area contributed by atoms with Crippen LogP contribution in [-0.4, -0.2) is 17.7 Å². The molecule has 0 aromatic rings. The van der Waals surface area contributed by atoms with Crippen LogP contribution >= 0.6 is 0 Å². The zero-order valence-electron chi connectivity index (χ0n) is 12.0. The van der Waals surface area contributed by atoms with Crippen LogP contribution in [0.25, 0.3) is 0 Å². The summed E-state index contributed by atoms with van der Waals surface area (Å²) < 4.78 is 5.26. The summed E-state index contributed by atoms with van der Waals surface area (Å²) in [5, 5.41) is 2.89. The predicted octanol–water partition coefficient (Wildman–Crippen LogP) is 4.04. The van der Waals surface area contributed by atoms with Gasteiger partial charge >= 0.3 is 6.09 Å². The van der Waals surface area contributed by atoms with Crippen molar-refractivity contribution in [1.82, 2.24) is 5.32 Å². The Kier molecular flexibility index (Phi) is 5.70. The minimum Gasteiger partial charge on any atom is -0.444 e. The molecule has 0 saturated heterocycles. The monoisotopic (exact) mass is 253 g/mol. The van der Waals surface area contributed by atoms with Crippen molar-refractivity contribution in [3.63, 3.8) is 0 Å². The first-order valence-corrected chi connectivity index (χ1v) is 7.03. The Morgan fingerprint density at radius 3 is 2.50 bits per heavy atom. The molecular formula is C15H27NO2. The Hall–Kier alpha value is -0.990. The van der Waals surface area contributed by atoms with Crippen LogP contribution < -0.4 is 5.32 Å². The number of nitrogens with one attached hydrogen (secondary N) is 1. The third-order valence-corrected chi connectivity index (χ3v) is 3.30. The number of hydrogen-bond donors (Lipinski definition) is 1. The fourth-order valence-electron chi connectivity index (χ4n) is 2.45. The first-order chi connectivity index (χ1) is 8.40. The quantitative estimate of drug-likeness (QED) is 0.768. The van der Waals surface area contributed by atoms with Gasteiger partial charge in [-0.3, -0.25) is 0 Å². The number of ether oxygens (including phenoxy) is 1. The van der Waals surface area contributed by atoms with Crippen LogP contribution in [0.3, 0.4) is 0 Å². The summed E-state index contributed by atoms with van der Waals surface area (Å²) in [5.74, 6) is 0.719. The lowest BCUT2D eigenvalue weighted by atomic mass is 9.85. The van der Waals surface area contributed by atoms with Gasteiger partial charge in [-0.1, -0.05) is 38.2 Å². The zero-order chi connectivity index (χ0) is 13.6. The predicted molar refractivity (Wildman–Crippen MR) is 74.5 cm³/mol. The van der Waals surface area contributed by atoms with E-state index in [2.05, 4.69) is 11.9 Å². The van der Waals surface area contributed by atoms with Crippen LogP contribution in [0.1, 0.15) is 59.3 Å². The highest BCUT2D eigenvalue weighted by atomic mass is 16.6. The second kappa shape index (κ2) is 6.81. The minimum absolute atomic E-state index is 0.0305. The van der Waals surface area contributed by atoms with Crippen molar-refractivity contribution in [2.24, 2.45) is 5.92 Å². The van der Waals surface area contributed by atoms with Crippen LogP contribution in [0.2, 0.25) is 0 Å². The van der Waals surface area contributed by atoms with Crippen LogP contribution in [0, 0.1) is 5.92 Å². The number of amides is 1. The Morgan fingerprint density at radius 1 is 1.39 bits per heavy atom. The number of hydrogen-bond acceptors (Lipinski definition) is 2. The molecule has 1 amide bonds. The smallest absolute Gasteiger partial charge is 0.408 e. The van der Waals surface area contributed by atoms with E-state index in [1.165, 1.54) is 32.1 Å². The lowest BCUT2D eigenvalue weighted by Gasteiger charge is -2.26. The summed E-state index contributed by atoms with van der Waals surface area (Å²) in [4.78, 5) is 11.7. The molecule has 0 aromatic heterocycles. The maximum Gasteiger partial charge on any atom is 0.408 e. The molecule has 1 atom stereocenters. The average Bonchev–Trinajstić information content (AvgIpc) is 2.27. The molecule has 1 fully saturated rings. The Morgan fingerprint density at radius 2 is 2.00 bits per heavy atom. The fourth-order valence-corrected chi connectivity index (χ4v) is 2.45. The summed E-state index contributed by atoms with van der Waals surface area (Å²) in [5.41, 5.74) is -0.444. The highest BCUT2D eigenvalue weighted by Gasteiger charge is 2.21. The van der Waals surface area contributed by atoms with Gasteiger partial charge in [0.05, 0.1) is 6.04 Å². The van der Waals surface area contributed by atoms with E-state index in [0.717, 1.165) is 12.3 Å². The van der Waals surface area contributed by atoms with Gasteiger partial charge in [0, 0.05) is 0 Å². The standard InChI is InChI=1S/C15H27NO2/c1-5-13(11-12-9-7-6-8-10-12)16-14(17)18-15(2,3)4/h5,12-13H,1,6-11H2,2-4H3,(H,16,17)/t13-/m1/s1. The molecule has 18 heavy (non-hydrogen) atoms. The van der Waals surface area contributed by atoms with Crippen LogP contribution in [0.5, 0.6) is 0 Å². The molecule has 0 heterocycles. The summed E-state index contributed by atoms with van der Waals surface area (Å²) in [6.45, 7) is 9.42. The molecule has 1 rings (SSSR count). The van der Waals surface area contributed by atoms with Gasteiger partial charge in [-0.2, -0.15) is 0 Å². The molecule has 0 aromatic carbocycles. The number of rotatable bonds is 4. The summed E-state index contributed by atoms with van der Waals surface area (Å²) >= 11 is 0. The Labute approximate surface area is 111 Å². The molecule has 104 valence electrons. The largest absolute Gasteiger partial charge is 0.444 e.